The van der Waals surface area contributed by atoms with Crippen LogP contribution in [0.15, 0.2) is 35.3 Å². The van der Waals surface area contributed by atoms with E-state index < -0.39 is 0 Å². The Hall–Kier alpha value is -1.33. The third-order valence-corrected chi connectivity index (χ3v) is 3.58. The van der Waals surface area contributed by atoms with Gasteiger partial charge in [-0.15, -0.1) is 0 Å². The first-order valence-electron chi connectivity index (χ1n) is 5.40. The normalized spacial score (nSPS) is 12.8. The van der Waals surface area contributed by atoms with Crippen molar-refractivity contribution in [2.75, 3.05) is 6.61 Å². The van der Waals surface area contributed by atoms with Gasteiger partial charge in [-0.05, 0) is 12.1 Å². The smallest absolute Gasteiger partial charge is 0.258 e. The summed E-state index contributed by atoms with van der Waals surface area (Å²) >= 11 is 1.59. The van der Waals surface area contributed by atoms with Gasteiger partial charge < -0.3 is 5.11 Å². The molecule has 2 rings (SSSR count). The number of nitrogens with zero attached hydrogens (tertiary/aromatic N) is 2. The Balaban J connectivity index is 2.28. The number of aliphatic hydroxyl groups is 1. The fraction of sp³-hybridized carbons (Fsp3) is 0.333. The highest BCUT2D eigenvalue weighted by molar-refractivity contribution is 7.99. The highest BCUT2D eigenvalue weighted by atomic mass is 32.2. The molecule has 0 radical (unpaired) electrons. The van der Waals surface area contributed by atoms with Gasteiger partial charge >= 0.3 is 0 Å². The molecule has 0 aliphatic heterocycles. The van der Waals surface area contributed by atoms with Crippen molar-refractivity contribution in [1.82, 2.24) is 9.38 Å². The van der Waals surface area contributed by atoms with E-state index in [0.29, 0.717) is 11.4 Å². The van der Waals surface area contributed by atoms with Crippen LogP contribution in [0.25, 0.3) is 5.65 Å². The second-order valence-electron chi connectivity index (χ2n) is 3.82. The molecule has 0 saturated heterocycles. The first-order valence-corrected chi connectivity index (χ1v) is 6.45. The Morgan fingerprint density at radius 3 is 3.12 bits per heavy atom. The molecule has 0 fully saturated rings. The Kier molecular flexibility index (Phi) is 3.81. The summed E-state index contributed by atoms with van der Waals surface area (Å²) in [5.74, 6) is 0.641. The zero-order valence-corrected chi connectivity index (χ0v) is 10.4. The summed E-state index contributed by atoms with van der Waals surface area (Å²) in [6.45, 7) is 2.08. The van der Waals surface area contributed by atoms with Crippen molar-refractivity contribution in [3.63, 3.8) is 0 Å². The van der Waals surface area contributed by atoms with Crippen LogP contribution >= 0.6 is 11.8 Å². The summed E-state index contributed by atoms with van der Waals surface area (Å²) in [7, 11) is 0. The van der Waals surface area contributed by atoms with Gasteiger partial charge in [0.05, 0.1) is 12.3 Å². The topological polar surface area (TPSA) is 54.6 Å². The molecule has 5 heteroatoms. The summed E-state index contributed by atoms with van der Waals surface area (Å²) in [5.41, 5.74) is 1.35. The molecule has 0 saturated carbocycles. The van der Waals surface area contributed by atoms with Gasteiger partial charge in [0.2, 0.25) is 0 Å². The van der Waals surface area contributed by atoms with Crippen molar-refractivity contribution in [2.45, 2.75) is 17.9 Å². The molecular weight excluding hydrogens is 236 g/mol. The van der Waals surface area contributed by atoms with E-state index in [4.69, 9.17) is 5.11 Å². The van der Waals surface area contributed by atoms with E-state index in [9.17, 15) is 4.79 Å². The maximum atomic E-state index is 11.8. The van der Waals surface area contributed by atoms with Crippen LogP contribution in [0.5, 0.6) is 0 Å². The summed E-state index contributed by atoms with van der Waals surface area (Å²) in [6.07, 6.45) is 1.71. The summed E-state index contributed by atoms with van der Waals surface area (Å²) in [6, 6.07) is 7.02. The zero-order chi connectivity index (χ0) is 12.3. The third kappa shape index (κ3) is 2.87. The number of thioether (sulfide) groups is 1. The summed E-state index contributed by atoms with van der Waals surface area (Å²) < 4.78 is 1.52. The van der Waals surface area contributed by atoms with Gasteiger partial charge in [0.15, 0.2) is 0 Å². The van der Waals surface area contributed by atoms with Gasteiger partial charge in [0.1, 0.15) is 5.65 Å². The number of hydrogen-bond donors (Lipinski definition) is 1. The van der Waals surface area contributed by atoms with Gasteiger partial charge in [-0.1, -0.05) is 13.0 Å². The lowest BCUT2D eigenvalue weighted by Gasteiger charge is -2.07. The monoisotopic (exact) mass is 250 g/mol. The second kappa shape index (κ2) is 5.33. The molecule has 0 bridgehead atoms. The molecule has 2 heterocycles. The van der Waals surface area contributed by atoms with Crippen LogP contribution in [0.3, 0.4) is 0 Å². The molecule has 0 amide bonds. The molecule has 17 heavy (non-hydrogen) atoms. The molecule has 2 aromatic rings. The highest BCUT2D eigenvalue weighted by Crippen LogP contribution is 2.15. The van der Waals surface area contributed by atoms with Crippen LogP contribution in [0.4, 0.5) is 0 Å². The van der Waals surface area contributed by atoms with E-state index in [2.05, 4.69) is 4.98 Å². The molecule has 0 aromatic carbocycles. The van der Waals surface area contributed by atoms with E-state index in [1.807, 2.05) is 19.1 Å². The summed E-state index contributed by atoms with van der Waals surface area (Å²) in [5, 5.41) is 9.09. The fourth-order valence-electron chi connectivity index (χ4n) is 1.46. The van der Waals surface area contributed by atoms with Crippen molar-refractivity contribution < 1.29 is 5.11 Å². The predicted octanol–water partition coefficient (Wildman–Crippen LogP) is 1.31. The van der Waals surface area contributed by atoms with E-state index in [1.54, 1.807) is 30.1 Å². The zero-order valence-electron chi connectivity index (χ0n) is 9.54. The number of rotatable bonds is 4. The SMILES string of the molecule is C[C@H](CO)SCc1cc(=O)n2ccccc2n1. The Labute approximate surface area is 103 Å². The Morgan fingerprint density at radius 2 is 2.35 bits per heavy atom. The molecule has 0 spiro atoms. The van der Waals surface area contributed by atoms with Crippen molar-refractivity contribution in [3.8, 4) is 0 Å². The van der Waals surface area contributed by atoms with Crippen molar-refractivity contribution in [2.24, 2.45) is 0 Å². The average Bonchev–Trinajstić information content (AvgIpc) is 2.36. The van der Waals surface area contributed by atoms with Crippen LogP contribution in [-0.4, -0.2) is 26.3 Å². The van der Waals surface area contributed by atoms with E-state index in [-0.39, 0.29) is 17.4 Å². The first-order chi connectivity index (χ1) is 8.20. The third-order valence-electron chi connectivity index (χ3n) is 2.40. The van der Waals surface area contributed by atoms with Gasteiger partial charge in [-0.2, -0.15) is 11.8 Å². The molecule has 0 aliphatic rings. The standard InChI is InChI=1S/C12H14N2O2S/c1-9(7-15)17-8-10-6-12(16)14-5-3-2-4-11(14)13-10/h2-6,9,15H,7-8H2,1H3/t9-/m1/s1. The van der Waals surface area contributed by atoms with E-state index in [0.717, 1.165) is 5.69 Å². The molecule has 90 valence electrons. The van der Waals surface area contributed by atoms with E-state index in [1.165, 1.54) is 4.40 Å². The average molecular weight is 250 g/mol. The first kappa shape index (κ1) is 12.1. The number of pyridine rings is 1. The van der Waals surface area contributed by atoms with Crippen molar-refractivity contribution in [3.05, 3.63) is 46.5 Å². The lowest BCUT2D eigenvalue weighted by molar-refractivity contribution is 0.300. The molecule has 1 N–H and O–H groups in total. The number of fused-ring (bicyclic) bond motifs is 1. The predicted molar refractivity (Wildman–Crippen MR) is 69.3 cm³/mol. The van der Waals surface area contributed by atoms with Crippen LogP contribution in [0, 0.1) is 0 Å². The quantitative estimate of drug-likeness (QED) is 0.889. The van der Waals surface area contributed by atoms with Crippen molar-refractivity contribution in [1.29, 1.82) is 0 Å². The Morgan fingerprint density at radius 1 is 1.53 bits per heavy atom. The van der Waals surface area contributed by atoms with Crippen LogP contribution in [-0.2, 0) is 5.75 Å². The lowest BCUT2D eigenvalue weighted by Crippen LogP contribution is -2.15. The maximum Gasteiger partial charge on any atom is 0.258 e. The van der Waals surface area contributed by atoms with Crippen LogP contribution in [0.1, 0.15) is 12.6 Å². The number of hydrogen-bond acceptors (Lipinski definition) is 4. The van der Waals surface area contributed by atoms with Crippen LogP contribution in [0.2, 0.25) is 0 Å². The lowest BCUT2D eigenvalue weighted by atomic mass is 10.4. The van der Waals surface area contributed by atoms with Gasteiger partial charge in [-0.25, -0.2) is 4.98 Å². The molecule has 0 aliphatic carbocycles. The van der Waals surface area contributed by atoms with Crippen molar-refractivity contribution >= 4 is 17.4 Å². The minimum atomic E-state index is -0.0668. The molecule has 1 atom stereocenters. The molecule has 0 unspecified atom stereocenters. The minimum Gasteiger partial charge on any atom is -0.395 e. The number of aromatic nitrogens is 2. The highest BCUT2D eigenvalue weighted by Gasteiger charge is 2.05. The molecular formula is C12H14N2O2S. The van der Waals surface area contributed by atoms with E-state index >= 15 is 0 Å². The minimum absolute atomic E-state index is 0.0668. The largest absolute Gasteiger partial charge is 0.395 e. The maximum absolute atomic E-state index is 11.8. The fourth-order valence-corrected chi connectivity index (χ4v) is 2.17. The molecule has 2 aromatic heterocycles. The molecule has 4 nitrogen and oxygen atoms in total. The van der Waals surface area contributed by atoms with Gasteiger partial charge in [-0.3, -0.25) is 9.20 Å². The van der Waals surface area contributed by atoms with Crippen LogP contribution < -0.4 is 5.56 Å². The Bertz CT molecular complexity index is 568. The van der Waals surface area contributed by atoms with Gasteiger partial charge in [0.25, 0.3) is 5.56 Å². The second-order valence-corrected chi connectivity index (χ2v) is 5.25. The summed E-state index contributed by atoms with van der Waals surface area (Å²) in [4.78, 5) is 16.2. The van der Waals surface area contributed by atoms with Gasteiger partial charge in [0, 0.05) is 23.3 Å². The number of aliphatic hydroxyl groups excluding tert-OH is 1.